The predicted octanol–water partition coefficient (Wildman–Crippen LogP) is 4.08. The number of benzene rings is 3. The molecule has 3 aromatic carbocycles. The molecular formula is C24H24O6S. The second kappa shape index (κ2) is 9.76. The molecule has 0 radical (unpaired) electrons. The lowest BCUT2D eigenvalue weighted by Crippen LogP contribution is -2.10. The average Bonchev–Trinajstić information content (AvgIpc) is 2.76. The van der Waals surface area contributed by atoms with E-state index in [4.69, 9.17) is 4.74 Å². The molecular weight excluding hydrogens is 416 g/mol. The molecule has 0 amide bonds. The maximum atomic E-state index is 11.9. The topological polar surface area (TPSA) is 89.9 Å². The Kier molecular flexibility index (Phi) is 7.09. The minimum Gasteiger partial charge on any atom is -0.507 e. The van der Waals surface area contributed by atoms with E-state index in [0.717, 1.165) is 11.1 Å². The van der Waals surface area contributed by atoms with Crippen LogP contribution in [-0.4, -0.2) is 32.9 Å². The van der Waals surface area contributed by atoms with Gasteiger partial charge in [0.2, 0.25) is 0 Å². The van der Waals surface area contributed by atoms with Crippen molar-refractivity contribution in [3.63, 3.8) is 0 Å². The summed E-state index contributed by atoms with van der Waals surface area (Å²) >= 11 is 0. The lowest BCUT2D eigenvalue weighted by Gasteiger charge is -2.20. The number of hydrogen-bond acceptors (Lipinski definition) is 6. The first-order chi connectivity index (χ1) is 14.8. The van der Waals surface area contributed by atoms with Crippen molar-refractivity contribution in [2.75, 3.05) is 13.4 Å². The first-order valence-electron chi connectivity index (χ1n) is 9.63. The Morgan fingerprint density at radius 1 is 0.968 bits per heavy atom. The first-order valence-corrected chi connectivity index (χ1v) is 11.5. The van der Waals surface area contributed by atoms with Crippen molar-refractivity contribution in [1.82, 2.24) is 0 Å². The van der Waals surface area contributed by atoms with Crippen molar-refractivity contribution in [2.45, 2.75) is 24.0 Å². The minimum absolute atomic E-state index is 0.0622. The van der Waals surface area contributed by atoms with Crippen LogP contribution in [0.5, 0.6) is 5.75 Å². The van der Waals surface area contributed by atoms with E-state index in [9.17, 15) is 18.3 Å². The summed E-state index contributed by atoms with van der Waals surface area (Å²) < 4.78 is 34.7. The van der Waals surface area contributed by atoms with Crippen LogP contribution in [0, 0.1) is 0 Å². The van der Waals surface area contributed by atoms with E-state index in [2.05, 4.69) is 4.74 Å². The lowest BCUT2D eigenvalue weighted by molar-refractivity contribution is 0.0396. The number of carbonyl (C=O) groups excluding carboxylic acids is 1. The summed E-state index contributed by atoms with van der Waals surface area (Å²) in [5.41, 5.74) is 2.48. The number of sulfone groups is 1. The van der Waals surface area contributed by atoms with Gasteiger partial charge in [-0.15, -0.1) is 0 Å². The molecule has 162 valence electrons. The van der Waals surface area contributed by atoms with E-state index in [1.807, 2.05) is 36.4 Å². The molecule has 1 unspecified atom stereocenters. The number of hydrogen-bond donors (Lipinski definition) is 1. The summed E-state index contributed by atoms with van der Waals surface area (Å²) in [6, 6.07) is 21.0. The number of aromatic hydroxyl groups is 1. The van der Waals surface area contributed by atoms with Crippen LogP contribution in [0.1, 0.15) is 33.2 Å². The number of phenols is 1. The Bertz CT molecular complexity index is 1160. The van der Waals surface area contributed by atoms with Crippen LogP contribution in [0.4, 0.5) is 0 Å². The second-order valence-electron chi connectivity index (χ2n) is 7.18. The highest BCUT2D eigenvalue weighted by atomic mass is 32.2. The largest absolute Gasteiger partial charge is 0.507 e. The molecule has 0 aliphatic rings. The maximum absolute atomic E-state index is 11.9. The Labute approximate surface area is 182 Å². The fourth-order valence-electron chi connectivity index (χ4n) is 3.19. The fraction of sp³-hybridized carbons (Fsp3) is 0.208. The zero-order valence-electron chi connectivity index (χ0n) is 17.3. The summed E-state index contributed by atoms with van der Waals surface area (Å²) in [5, 5.41) is 10.3. The molecule has 1 atom stereocenters. The number of carbonyl (C=O) groups is 1. The van der Waals surface area contributed by atoms with Gasteiger partial charge >= 0.3 is 5.97 Å². The fourth-order valence-corrected chi connectivity index (χ4v) is 3.88. The standard InChI is InChI=1S/C24H24O6S/c1-29-24(26)21-12-11-19(15-22(21)25)23(30-16-17-7-4-3-5-8-17)14-18-9-6-10-20(13-18)31(2,27)28/h3-13,15,23,25H,14,16H2,1-2H3. The lowest BCUT2D eigenvalue weighted by atomic mass is 9.99. The summed E-state index contributed by atoms with van der Waals surface area (Å²) in [6.07, 6.45) is 1.07. The summed E-state index contributed by atoms with van der Waals surface area (Å²) in [6.45, 7) is 0.330. The summed E-state index contributed by atoms with van der Waals surface area (Å²) in [5.74, 6) is -0.839. The highest BCUT2D eigenvalue weighted by molar-refractivity contribution is 7.90. The molecule has 3 aromatic rings. The zero-order chi connectivity index (χ0) is 22.4. The van der Waals surface area contributed by atoms with Crippen LogP contribution >= 0.6 is 0 Å². The van der Waals surface area contributed by atoms with E-state index in [0.29, 0.717) is 18.6 Å². The van der Waals surface area contributed by atoms with Crippen LogP contribution in [0.3, 0.4) is 0 Å². The van der Waals surface area contributed by atoms with Crippen LogP contribution < -0.4 is 0 Å². The van der Waals surface area contributed by atoms with Gasteiger partial charge in [0.15, 0.2) is 9.84 Å². The summed E-state index contributed by atoms with van der Waals surface area (Å²) in [4.78, 5) is 12.0. The van der Waals surface area contributed by atoms with Crippen molar-refractivity contribution in [1.29, 1.82) is 0 Å². The molecule has 1 N–H and O–H groups in total. The van der Waals surface area contributed by atoms with Crippen LogP contribution in [0.15, 0.2) is 77.7 Å². The zero-order valence-corrected chi connectivity index (χ0v) is 18.1. The SMILES string of the molecule is COC(=O)c1ccc(C(Cc2cccc(S(C)(=O)=O)c2)OCc2ccccc2)cc1O. The van der Waals surface area contributed by atoms with E-state index in [1.165, 1.54) is 25.5 Å². The molecule has 0 aliphatic carbocycles. The van der Waals surface area contributed by atoms with Crippen molar-refractivity contribution in [2.24, 2.45) is 0 Å². The average molecular weight is 441 g/mol. The Morgan fingerprint density at radius 2 is 1.68 bits per heavy atom. The van der Waals surface area contributed by atoms with E-state index in [1.54, 1.807) is 24.3 Å². The molecule has 0 heterocycles. The quantitative estimate of drug-likeness (QED) is 0.531. The molecule has 3 rings (SSSR count). The van der Waals surface area contributed by atoms with Crippen LogP contribution in [0.2, 0.25) is 0 Å². The molecule has 0 aliphatic heterocycles. The van der Waals surface area contributed by atoms with E-state index >= 15 is 0 Å². The third-order valence-electron chi connectivity index (χ3n) is 4.84. The number of ether oxygens (including phenoxy) is 2. The molecule has 6 nitrogen and oxygen atoms in total. The van der Waals surface area contributed by atoms with Gasteiger partial charge in [-0.2, -0.15) is 0 Å². The highest BCUT2D eigenvalue weighted by Gasteiger charge is 2.19. The first kappa shape index (κ1) is 22.5. The van der Waals surface area contributed by atoms with Crippen LogP contribution in [-0.2, 0) is 32.3 Å². The smallest absolute Gasteiger partial charge is 0.341 e. The molecule has 7 heteroatoms. The molecule has 0 aromatic heterocycles. The number of esters is 1. The van der Waals surface area contributed by atoms with E-state index < -0.39 is 21.9 Å². The molecule has 0 saturated carbocycles. The van der Waals surface area contributed by atoms with Gasteiger partial charge in [-0.1, -0.05) is 48.5 Å². The van der Waals surface area contributed by atoms with Crippen molar-refractivity contribution < 1.29 is 27.8 Å². The molecule has 31 heavy (non-hydrogen) atoms. The van der Waals surface area contributed by atoms with Gasteiger partial charge in [-0.25, -0.2) is 13.2 Å². The monoisotopic (exact) mass is 440 g/mol. The molecule has 0 fully saturated rings. The number of rotatable bonds is 8. The number of methoxy groups -OCH3 is 1. The maximum Gasteiger partial charge on any atom is 0.341 e. The van der Waals surface area contributed by atoms with Gasteiger partial charge < -0.3 is 14.6 Å². The van der Waals surface area contributed by atoms with Gasteiger partial charge in [0.1, 0.15) is 11.3 Å². The van der Waals surface area contributed by atoms with Gasteiger partial charge in [0, 0.05) is 12.7 Å². The van der Waals surface area contributed by atoms with Crippen molar-refractivity contribution >= 4 is 15.8 Å². The van der Waals surface area contributed by atoms with Crippen molar-refractivity contribution in [3.8, 4) is 5.75 Å². The predicted molar refractivity (Wildman–Crippen MR) is 117 cm³/mol. The third kappa shape index (κ3) is 5.93. The number of phenolic OH excluding ortho intramolecular Hbond substituents is 1. The highest BCUT2D eigenvalue weighted by Crippen LogP contribution is 2.29. The second-order valence-corrected chi connectivity index (χ2v) is 9.19. The van der Waals surface area contributed by atoms with Crippen LogP contribution in [0.25, 0.3) is 0 Å². The molecule has 0 saturated heterocycles. The van der Waals surface area contributed by atoms with Crippen molar-refractivity contribution in [3.05, 3.63) is 95.1 Å². The summed E-state index contributed by atoms with van der Waals surface area (Å²) in [7, 11) is -2.09. The molecule has 0 spiro atoms. The van der Waals surface area contributed by atoms with Gasteiger partial charge in [0.05, 0.1) is 24.7 Å². The Hall–Kier alpha value is -3.16. The van der Waals surface area contributed by atoms with Gasteiger partial charge in [-0.3, -0.25) is 0 Å². The Morgan fingerprint density at radius 3 is 2.32 bits per heavy atom. The minimum atomic E-state index is -3.34. The molecule has 0 bridgehead atoms. The normalized spacial score (nSPS) is 12.3. The van der Waals surface area contributed by atoms with Gasteiger partial charge in [0.25, 0.3) is 0 Å². The van der Waals surface area contributed by atoms with E-state index in [-0.39, 0.29) is 16.2 Å². The van der Waals surface area contributed by atoms with Gasteiger partial charge in [-0.05, 0) is 41.0 Å². The Balaban J connectivity index is 1.91. The third-order valence-corrected chi connectivity index (χ3v) is 5.95.